The van der Waals surface area contributed by atoms with E-state index in [4.69, 9.17) is 14.6 Å². The van der Waals surface area contributed by atoms with Crippen molar-refractivity contribution in [3.63, 3.8) is 0 Å². The van der Waals surface area contributed by atoms with Gasteiger partial charge in [-0.15, -0.1) is 0 Å². The van der Waals surface area contributed by atoms with Gasteiger partial charge in [-0.2, -0.15) is 0 Å². The fourth-order valence-corrected chi connectivity index (χ4v) is 3.60. The van der Waals surface area contributed by atoms with E-state index in [1.165, 1.54) is 18.9 Å². The second kappa shape index (κ2) is 7.99. The van der Waals surface area contributed by atoms with Crippen molar-refractivity contribution in [3.8, 4) is 0 Å². The van der Waals surface area contributed by atoms with E-state index >= 15 is 0 Å². The van der Waals surface area contributed by atoms with Gasteiger partial charge in [-0.1, -0.05) is 11.8 Å². The first-order valence-electron chi connectivity index (χ1n) is 8.12. The van der Waals surface area contributed by atoms with Gasteiger partial charge in [0.1, 0.15) is 0 Å². The smallest absolute Gasteiger partial charge is 0.337 e. The van der Waals surface area contributed by atoms with Crippen molar-refractivity contribution in [2.45, 2.75) is 30.6 Å². The van der Waals surface area contributed by atoms with E-state index in [-0.39, 0.29) is 18.3 Å². The molecule has 2 aromatic rings. The SMILES string of the molecule is COC(=O)c1ccc2c(=O)n(C[C@H]3CCCO3)c(SCCO)nc2c1. The van der Waals surface area contributed by atoms with E-state index in [9.17, 15) is 9.59 Å². The minimum atomic E-state index is -0.475. The third-order valence-electron chi connectivity index (χ3n) is 4.07. The Morgan fingerprint density at radius 1 is 1.52 bits per heavy atom. The molecule has 25 heavy (non-hydrogen) atoms. The molecule has 0 aliphatic carbocycles. The molecule has 3 rings (SSSR count). The fourth-order valence-electron chi connectivity index (χ4n) is 2.85. The zero-order chi connectivity index (χ0) is 17.8. The minimum absolute atomic E-state index is 0.000214. The molecule has 0 spiro atoms. The first-order chi connectivity index (χ1) is 12.1. The zero-order valence-corrected chi connectivity index (χ0v) is 14.8. The van der Waals surface area contributed by atoms with Gasteiger partial charge in [0.25, 0.3) is 5.56 Å². The molecule has 134 valence electrons. The Labute approximate surface area is 149 Å². The van der Waals surface area contributed by atoms with Crippen LogP contribution in [0.3, 0.4) is 0 Å². The summed E-state index contributed by atoms with van der Waals surface area (Å²) in [5, 5.41) is 10.1. The number of thioether (sulfide) groups is 1. The number of nitrogens with zero attached hydrogens (tertiary/aromatic N) is 2. The van der Waals surface area contributed by atoms with Crippen LogP contribution in [0.4, 0.5) is 0 Å². The van der Waals surface area contributed by atoms with Crippen molar-refractivity contribution in [2.75, 3.05) is 26.1 Å². The lowest BCUT2D eigenvalue weighted by atomic mass is 10.1. The highest BCUT2D eigenvalue weighted by atomic mass is 32.2. The monoisotopic (exact) mass is 364 g/mol. The molecular weight excluding hydrogens is 344 g/mol. The van der Waals surface area contributed by atoms with Gasteiger partial charge >= 0.3 is 5.97 Å². The second-order valence-electron chi connectivity index (χ2n) is 5.74. The molecule has 1 aliphatic heterocycles. The highest BCUT2D eigenvalue weighted by Crippen LogP contribution is 2.21. The molecule has 0 amide bonds. The summed E-state index contributed by atoms with van der Waals surface area (Å²) in [7, 11) is 1.31. The number of rotatable bonds is 6. The van der Waals surface area contributed by atoms with Crippen molar-refractivity contribution < 1.29 is 19.4 Å². The number of aliphatic hydroxyl groups is 1. The molecule has 1 aromatic heterocycles. The predicted octanol–water partition coefficient (Wildman–Crippen LogP) is 1.45. The first kappa shape index (κ1) is 17.9. The van der Waals surface area contributed by atoms with Crippen molar-refractivity contribution in [2.24, 2.45) is 0 Å². The molecule has 1 saturated heterocycles. The van der Waals surface area contributed by atoms with Crippen LogP contribution < -0.4 is 5.56 Å². The van der Waals surface area contributed by atoms with Crippen LogP contribution in [0.1, 0.15) is 23.2 Å². The van der Waals surface area contributed by atoms with E-state index in [2.05, 4.69) is 4.98 Å². The lowest BCUT2D eigenvalue weighted by Gasteiger charge is -2.16. The number of fused-ring (bicyclic) bond motifs is 1. The molecule has 1 fully saturated rings. The molecule has 0 bridgehead atoms. The lowest BCUT2D eigenvalue weighted by Crippen LogP contribution is -2.29. The Bertz CT molecular complexity index is 830. The summed E-state index contributed by atoms with van der Waals surface area (Å²) in [6.07, 6.45) is 1.90. The van der Waals surface area contributed by atoms with E-state index in [1.807, 2.05) is 0 Å². The number of methoxy groups -OCH3 is 1. The maximum Gasteiger partial charge on any atom is 0.337 e. The topological polar surface area (TPSA) is 90.7 Å². The van der Waals surface area contributed by atoms with Crippen LogP contribution in [0.2, 0.25) is 0 Å². The van der Waals surface area contributed by atoms with Crippen LogP contribution >= 0.6 is 11.8 Å². The number of esters is 1. The highest BCUT2D eigenvalue weighted by Gasteiger charge is 2.20. The van der Waals surface area contributed by atoms with Gasteiger partial charge in [0.2, 0.25) is 0 Å². The van der Waals surface area contributed by atoms with Crippen LogP contribution in [-0.4, -0.2) is 52.8 Å². The quantitative estimate of drug-likeness (QED) is 0.471. The van der Waals surface area contributed by atoms with Gasteiger partial charge in [0.15, 0.2) is 5.16 Å². The molecule has 1 aromatic carbocycles. The lowest BCUT2D eigenvalue weighted by molar-refractivity contribution is 0.0601. The van der Waals surface area contributed by atoms with Crippen LogP contribution in [0, 0.1) is 0 Å². The average molecular weight is 364 g/mol. The Morgan fingerprint density at radius 2 is 2.36 bits per heavy atom. The van der Waals surface area contributed by atoms with E-state index in [0.29, 0.717) is 40.5 Å². The molecule has 0 radical (unpaired) electrons. The van der Waals surface area contributed by atoms with Crippen molar-refractivity contribution in [3.05, 3.63) is 34.1 Å². The number of benzene rings is 1. The Balaban J connectivity index is 2.07. The maximum atomic E-state index is 12.9. The van der Waals surface area contributed by atoms with E-state index in [0.717, 1.165) is 12.8 Å². The summed E-state index contributed by atoms with van der Waals surface area (Å²) in [5.74, 6) is -0.0445. The van der Waals surface area contributed by atoms with Gasteiger partial charge in [-0.3, -0.25) is 9.36 Å². The normalized spacial score (nSPS) is 17.1. The standard InChI is InChI=1S/C17H20N2O5S/c1-23-16(22)11-4-5-13-14(9-11)18-17(25-8-6-20)19(15(13)21)10-12-3-2-7-24-12/h4-5,9,12,20H,2-3,6-8,10H2,1H3/t12-/m1/s1. The largest absolute Gasteiger partial charge is 0.465 e. The molecule has 2 heterocycles. The maximum absolute atomic E-state index is 12.9. The highest BCUT2D eigenvalue weighted by molar-refractivity contribution is 7.99. The fraction of sp³-hybridized carbons (Fsp3) is 0.471. The molecule has 1 N–H and O–H groups in total. The van der Waals surface area contributed by atoms with Crippen LogP contribution in [0.5, 0.6) is 0 Å². The van der Waals surface area contributed by atoms with Gasteiger partial charge in [-0.05, 0) is 31.0 Å². The van der Waals surface area contributed by atoms with Gasteiger partial charge in [0, 0.05) is 12.4 Å². The second-order valence-corrected chi connectivity index (χ2v) is 6.80. The molecular formula is C17H20N2O5S. The molecule has 1 atom stereocenters. The number of carbonyl (C=O) groups excluding carboxylic acids is 1. The van der Waals surface area contributed by atoms with Gasteiger partial charge < -0.3 is 14.6 Å². The van der Waals surface area contributed by atoms with Gasteiger partial charge in [0.05, 0.1) is 42.8 Å². The molecule has 8 heteroatoms. The van der Waals surface area contributed by atoms with Crippen molar-refractivity contribution in [1.82, 2.24) is 9.55 Å². The predicted molar refractivity (Wildman–Crippen MR) is 94.1 cm³/mol. The first-order valence-corrected chi connectivity index (χ1v) is 9.10. The molecule has 1 aliphatic rings. The summed E-state index contributed by atoms with van der Waals surface area (Å²) in [4.78, 5) is 29.2. The van der Waals surface area contributed by atoms with Crippen molar-refractivity contribution >= 4 is 28.6 Å². The van der Waals surface area contributed by atoms with Crippen molar-refractivity contribution in [1.29, 1.82) is 0 Å². The third-order valence-corrected chi connectivity index (χ3v) is 5.03. The molecule has 7 nitrogen and oxygen atoms in total. The molecule has 0 unspecified atom stereocenters. The summed E-state index contributed by atoms with van der Waals surface area (Å²) >= 11 is 1.31. The van der Waals surface area contributed by atoms with Crippen LogP contribution in [0.25, 0.3) is 10.9 Å². The van der Waals surface area contributed by atoms with Crippen LogP contribution in [0.15, 0.2) is 28.2 Å². The number of carbonyl (C=O) groups is 1. The Hall–Kier alpha value is -1.90. The number of aromatic nitrogens is 2. The molecule has 0 saturated carbocycles. The number of hydrogen-bond donors (Lipinski definition) is 1. The summed E-state index contributed by atoms with van der Waals surface area (Å²) in [6.45, 7) is 1.14. The Morgan fingerprint density at radius 3 is 3.04 bits per heavy atom. The Kier molecular flexibility index (Phi) is 5.72. The average Bonchev–Trinajstić information content (AvgIpc) is 3.14. The summed E-state index contributed by atoms with van der Waals surface area (Å²) in [5.41, 5.74) is 0.617. The summed E-state index contributed by atoms with van der Waals surface area (Å²) in [6, 6.07) is 4.72. The third kappa shape index (κ3) is 3.86. The summed E-state index contributed by atoms with van der Waals surface area (Å²) < 4.78 is 12.0. The number of ether oxygens (including phenoxy) is 2. The number of hydrogen-bond acceptors (Lipinski definition) is 7. The zero-order valence-electron chi connectivity index (χ0n) is 13.9. The number of aliphatic hydroxyl groups excluding tert-OH is 1. The van der Waals surface area contributed by atoms with Crippen LogP contribution in [-0.2, 0) is 16.0 Å². The van der Waals surface area contributed by atoms with E-state index in [1.54, 1.807) is 22.8 Å². The minimum Gasteiger partial charge on any atom is -0.465 e. The van der Waals surface area contributed by atoms with E-state index < -0.39 is 5.97 Å². The van der Waals surface area contributed by atoms with Gasteiger partial charge in [-0.25, -0.2) is 9.78 Å².